The molecule has 0 radical (unpaired) electrons. The lowest BCUT2D eigenvalue weighted by molar-refractivity contribution is 0.901. The summed E-state index contributed by atoms with van der Waals surface area (Å²) in [6, 6.07) is 4.81. The van der Waals surface area contributed by atoms with E-state index >= 15 is 0 Å². The number of amidine groups is 1. The highest BCUT2D eigenvalue weighted by Gasteiger charge is 2.09. The van der Waals surface area contributed by atoms with Crippen LogP contribution in [-0.4, -0.2) is 20.8 Å². The fraction of sp³-hybridized carbons (Fsp3) is 0.0909. The number of rotatable bonds is 3. The van der Waals surface area contributed by atoms with Gasteiger partial charge in [0.15, 0.2) is 5.16 Å². The second-order valence-electron chi connectivity index (χ2n) is 3.56. The van der Waals surface area contributed by atoms with Crippen molar-refractivity contribution in [1.82, 2.24) is 15.0 Å². The largest absolute Gasteiger partial charge is 0.384 e. The maximum atomic E-state index is 11.3. The first kappa shape index (κ1) is 12.3. The van der Waals surface area contributed by atoms with Crippen molar-refractivity contribution >= 4 is 17.6 Å². The zero-order chi connectivity index (χ0) is 13.1. The normalized spacial score (nSPS) is 10.3. The summed E-state index contributed by atoms with van der Waals surface area (Å²) in [6.07, 6.45) is 1.60. The average molecular weight is 261 g/mol. The van der Waals surface area contributed by atoms with E-state index in [1.807, 2.05) is 0 Å². The number of nitrogens with one attached hydrogen (secondary N) is 2. The third-order valence-corrected chi connectivity index (χ3v) is 3.01. The number of pyridine rings is 1. The van der Waals surface area contributed by atoms with E-state index in [-0.39, 0.29) is 11.4 Å². The Morgan fingerprint density at radius 3 is 3.00 bits per heavy atom. The molecule has 6 nitrogen and oxygen atoms in total. The first-order valence-corrected chi connectivity index (χ1v) is 5.93. The molecule has 0 saturated carbocycles. The van der Waals surface area contributed by atoms with Gasteiger partial charge in [-0.1, -0.05) is 0 Å². The van der Waals surface area contributed by atoms with Crippen LogP contribution in [0, 0.1) is 12.3 Å². The smallest absolute Gasteiger partial charge is 0.251 e. The minimum Gasteiger partial charge on any atom is -0.384 e. The standard InChI is InChI=1S/C11H11N5OS/c1-6-5-8(17)16-11(15-6)18-10-7(9(12)13)3-2-4-14-10/h2-5H,1H3,(H3,12,13)(H,15,16,17). The molecule has 0 fully saturated rings. The van der Waals surface area contributed by atoms with E-state index in [2.05, 4.69) is 15.0 Å². The Kier molecular flexibility index (Phi) is 3.42. The quantitative estimate of drug-likeness (QED) is 0.432. The first-order valence-electron chi connectivity index (χ1n) is 5.11. The van der Waals surface area contributed by atoms with Gasteiger partial charge in [0.1, 0.15) is 10.9 Å². The lowest BCUT2D eigenvalue weighted by Crippen LogP contribution is -2.13. The lowest BCUT2D eigenvalue weighted by Gasteiger charge is -2.05. The number of aryl methyl sites for hydroxylation is 1. The molecule has 0 unspecified atom stereocenters. The molecular formula is C11H11N5OS. The molecule has 0 spiro atoms. The van der Waals surface area contributed by atoms with Crippen molar-refractivity contribution < 1.29 is 0 Å². The molecule has 7 heteroatoms. The summed E-state index contributed by atoms with van der Waals surface area (Å²) >= 11 is 1.17. The van der Waals surface area contributed by atoms with Crippen LogP contribution < -0.4 is 11.3 Å². The fourth-order valence-corrected chi connectivity index (χ4v) is 2.29. The molecule has 0 bridgehead atoms. The van der Waals surface area contributed by atoms with Gasteiger partial charge in [-0.15, -0.1) is 0 Å². The Labute approximate surface area is 107 Å². The minimum absolute atomic E-state index is 0.0689. The van der Waals surface area contributed by atoms with Crippen LogP contribution in [0.5, 0.6) is 0 Å². The van der Waals surface area contributed by atoms with Crippen LogP contribution in [0.4, 0.5) is 0 Å². The van der Waals surface area contributed by atoms with Crippen LogP contribution in [0.3, 0.4) is 0 Å². The Hall–Kier alpha value is -2.15. The molecule has 2 rings (SSSR count). The number of hydrogen-bond acceptors (Lipinski definition) is 5. The van der Waals surface area contributed by atoms with E-state index in [1.54, 1.807) is 25.3 Å². The number of aromatic nitrogens is 3. The van der Waals surface area contributed by atoms with Gasteiger partial charge < -0.3 is 10.7 Å². The van der Waals surface area contributed by atoms with Crippen molar-refractivity contribution in [2.24, 2.45) is 5.73 Å². The summed E-state index contributed by atoms with van der Waals surface area (Å²) in [5, 5.41) is 8.43. The van der Waals surface area contributed by atoms with E-state index in [9.17, 15) is 4.79 Å². The highest BCUT2D eigenvalue weighted by atomic mass is 32.2. The third kappa shape index (κ3) is 2.75. The summed E-state index contributed by atoms with van der Waals surface area (Å²) in [4.78, 5) is 22.3. The fourth-order valence-electron chi connectivity index (χ4n) is 1.37. The number of hydrogen-bond donors (Lipinski definition) is 3. The second kappa shape index (κ2) is 5.01. The monoisotopic (exact) mass is 261 g/mol. The Balaban J connectivity index is 2.40. The van der Waals surface area contributed by atoms with Crippen LogP contribution in [0.25, 0.3) is 0 Å². The van der Waals surface area contributed by atoms with Gasteiger partial charge in [-0.05, 0) is 30.8 Å². The van der Waals surface area contributed by atoms with E-state index in [1.165, 1.54) is 17.8 Å². The van der Waals surface area contributed by atoms with Gasteiger partial charge in [-0.2, -0.15) is 0 Å². The van der Waals surface area contributed by atoms with Crippen molar-refractivity contribution in [1.29, 1.82) is 5.41 Å². The molecule has 0 amide bonds. The van der Waals surface area contributed by atoms with E-state index in [0.717, 1.165) is 0 Å². The van der Waals surface area contributed by atoms with Gasteiger partial charge in [0.05, 0.1) is 0 Å². The van der Waals surface area contributed by atoms with Crippen LogP contribution in [0.1, 0.15) is 11.3 Å². The highest BCUT2D eigenvalue weighted by Crippen LogP contribution is 2.24. The molecule has 92 valence electrons. The molecule has 4 N–H and O–H groups in total. The van der Waals surface area contributed by atoms with Gasteiger partial charge in [0, 0.05) is 23.5 Å². The van der Waals surface area contributed by atoms with Gasteiger partial charge >= 0.3 is 0 Å². The molecule has 0 aromatic carbocycles. The maximum Gasteiger partial charge on any atom is 0.251 e. The summed E-state index contributed by atoms with van der Waals surface area (Å²) in [5.41, 5.74) is 6.39. The van der Waals surface area contributed by atoms with Crippen molar-refractivity contribution in [3.63, 3.8) is 0 Å². The Bertz CT molecular complexity index is 652. The lowest BCUT2D eigenvalue weighted by atomic mass is 10.3. The Morgan fingerprint density at radius 2 is 2.33 bits per heavy atom. The van der Waals surface area contributed by atoms with E-state index < -0.39 is 0 Å². The topological polar surface area (TPSA) is 109 Å². The van der Waals surface area contributed by atoms with Gasteiger partial charge in [0.2, 0.25) is 0 Å². The van der Waals surface area contributed by atoms with Crippen molar-refractivity contribution in [2.75, 3.05) is 0 Å². The number of nitrogens with two attached hydrogens (primary N) is 1. The molecule has 0 atom stereocenters. The molecule has 2 aromatic heterocycles. The predicted octanol–water partition coefficient (Wildman–Crippen LogP) is 0.909. The zero-order valence-electron chi connectivity index (χ0n) is 9.60. The summed E-state index contributed by atoms with van der Waals surface area (Å²) < 4.78 is 0. The van der Waals surface area contributed by atoms with Crippen LogP contribution in [-0.2, 0) is 0 Å². The highest BCUT2D eigenvalue weighted by molar-refractivity contribution is 7.99. The van der Waals surface area contributed by atoms with Crippen molar-refractivity contribution in [3.8, 4) is 0 Å². The zero-order valence-corrected chi connectivity index (χ0v) is 10.4. The third-order valence-electron chi connectivity index (χ3n) is 2.10. The van der Waals surface area contributed by atoms with Crippen LogP contribution >= 0.6 is 11.8 Å². The van der Waals surface area contributed by atoms with E-state index in [0.29, 0.717) is 21.4 Å². The summed E-state index contributed by atoms with van der Waals surface area (Å²) in [5.74, 6) is -0.0689. The maximum absolute atomic E-state index is 11.3. The van der Waals surface area contributed by atoms with Gasteiger partial charge in [-0.25, -0.2) is 9.97 Å². The molecule has 0 aliphatic heterocycles. The number of aromatic amines is 1. The molecule has 0 aliphatic carbocycles. The Morgan fingerprint density at radius 1 is 1.56 bits per heavy atom. The molecular weight excluding hydrogens is 250 g/mol. The van der Waals surface area contributed by atoms with E-state index in [4.69, 9.17) is 11.1 Å². The molecule has 18 heavy (non-hydrogen) atoms. The number of nitrogens with zero attached hydrogens (tertiary/aromatic N) is 2. The van der Waals surface area contributed by atoms with Gasteiger partial charge in [0.25, 0.3) is 5.56 Å². The molecule has 0 aliphatic rings. The summed E-state index contributed by atoms with van der Waals surface area (Å²) in [6.45, 7) is 1.74. The molecule has 0 saturated heterocycles. The van der Waals surface area contributed by atoms with Gasteiger partial charge in [-0.3, -0.25) is 10.2 Å². The number of nitrogen functional groups attached to an aromatic ring is 1. The van der Waals surface area contributed by atoms with Crippen molar-refractivity contribution in [2.45, 2.75) is 17.1 Å². The van der Waals surface area contributed by atoms with Crippen LogP contribution in [0.2, 0.25) is 0 Å². The summed E-state index contributed by atoms with van der Waals surface area (Å²) in [7, 11) is 0. The SMILES string of the molecule is Cc1cc(=O)[nH]c(Sc2ncccc2C(=N)N)n1. The second-order valence-corrected chi connectivity index (χ2v) is 4.54. The predicted molar refractivity (Wildman–Crippen MR) is 69.0 cm³/mol. The first-order chi connectivity index (χ1) is 8.56. The minimum atomic E-state index is -0.217. The molecule has 2 heterocycles. The van der Waals surface area contributed by atoms with Crippen LogP contribution in [0.15, 0.2) is 39.4 Å². The van der Waals surface area contributed by atoms with Crippen molar-refractivity contribution in [3.05, 3.63) is 46.0 Å². The molecule has 2 aromatic rings. The average Bonchev–Trinajstić information content (AvgIpc) is 2.27. The number of H-pyrrole nitrogens is 1.